The molecule has 8 nitrogen and oxygen atoms in total. The van der Waals surface area contributed by atoms with Crippen molar-refractivity contribution >= 4 is 16.7 Å². The molecule has 5 rings (SSSR count). The summed E-state index contributed by atoms with van der Waals surface area (Å²) in [5, 5.41) is 14.3. The first-order chi connectivity index (χ1) is 14.2. The Bertz CT molecular complexity index is 1410. The van der Waals surface area contributed by atoms with E-state index in [9.17, 15) is 0 Å². The van der Waals surface area contributed by atoms with Crippen molar-refractivity contribution < 1.29 is 4.74 Å². The van der Waals surface area contributed by atoms with Crippen LogP contribution in [-0.2, 0) is 7.05 Å². The molecule has 0 radical (unpaired) electrons. The van der Waals surface area contributed by atoms with Crippen molar-refractivity contribution in [2.75, 3.05) is 7.11 Å². The van der Waals surface area contributed by atoms with Crippen molar-refractivity contribution in [3.8, 4) is 34.5 Å². The summed E-state index contributed by atoms with van der Waals surface area (Å²) >= 11 is 0. The number of pyridine rings is 1. The van der Waals surface area contributed by atoms with Crippen LogP contribution in [0.4, 0.5) is 0 Å². The standard InChI is InChI=1S/C21H15N7O/c1-27-19-16(12-25-27)9-15(11-24-19)17-18(14-5-3-13(10-22)4-6-14)26-21(29-2)28-8-7-23-20(17)28/h3-9,11-12H,1-2H3. The lowest BCUT2D eigenvalue weighted by Crippen LogP contribution is -2.02. The largest absolute Gasteiger partial charge is 0.468 e. The van der Waals surface area contributed by atoms with E-state index in [4.69, 9.17) is 15.0 Å². The number of benzene rings is 1. The molecule has 0 aliphatic carbocycles. The van der Waals surface area contributed by atoms with Crippen LogP contribution in [0.2, 0.25) is 0 Å². The number of nitriles is 1. The smallest absolute Gasteiger partial charge is 0.302 e. The number of nitrogens with zero attached hydrogens (tertiary/aromatic N) is 7. The number of aryl methyl sites for hydroxylation is 1. The average Bonchev–Trinajstić information content (AvgIpc) is 3.39. The van der Waals surface area contributed by atoms with Gasteiger partial charge < -0.3 is 4.74 Å². The molecule has 1 aromatic carbocycles. The monoisotopic (exact) mass is 381 g/mol. The summed E-state index contributed by atoms with van der Waals surface area (Å²) in [5.74, 6) is 0. The highest BCUT2D eigenvalue weighted by atomic mass is 16.5. The van der Waals surface area contributed by atoms with Crippen molar-refractivity contribution in [3.05, 3.63) is 60.7 Å². The normalized spacial score (nSPS) is 11.1. The van der Waals surface area contributed by atoms with Gasteiger partial charge in [0.05, 0.1) is 36.2 Å². The molecule has 0 N–H and O–H groups in total. The molecule has 29 heavy (non-hydrogen) atoms. The van der Waals surface area contributed by atoms with E-state index in [-0.39, 0.29) is 0 Å². The minimum atomic E-state index is 0.427. The molecule has 0 amide bonds. The predicted molar refractivity (Wildman–Crippen MR) is 107 cm³/mol. The first-order valence-electron chi connectivity index (χ1n) is 8.89. The Morgan fingerprint density at radius 3 is 2.62 bits per heavy atom. The van der Waals surface area contributed by atoms with E-state index in [0.29, 0.717) is 22.9 Å². The van der Waals surface area contributed by atoms with Crippen LogP contribution in [0.15, 0.2) is 55.1 Å². The second kappa shape index (κ2) is 6.42. The fourth-order valence-corrected chi connectivity index (χ4v) is 3.46. The van der Waals surface area contributed by atoms with Gasteiger partial charge in [0.25, 0.3) is 0 Å². The van der Waals surface area contributed by atoms with Crippen LogP contribution >= 0.6 is 0 Å². The van der Waals surface area contributed by atoms with Gasteiger partial charge in [-0.15, -0.1) is 0 Å². The summed E-state index contributed by atoms with van der Waals surface area (Å²) in [6, 6.07) is 11.9. The number of imidazole rings is 1. The van der Waals surface area contributed by atoms with Gasteiger partial charge >= 0.3 is 6.01 Å². The van der Waals surface area contributed by atoms with Crippen molar-refractivity contribution in [1.82, 2.24) is 29.1 Å². The van der Waals surface area contributed by atoms with Crippen molar-refractivity contribution in [3.63, 3.8) is 0 Å². The van der Waals surface area contributed by atoms with Crippen LogP contribution < -0.4 is 4.74 Å². The second-order valence-corrected chi connectivity index (χ2v) is 6.54. The predicted octanol–water partition coefficient (Wildman–Crippen LogP) is 3.23. The SMILES string of the molecule is COc1nc(-c2ccc(C#N)cc2)c(-c2cnc3c(cnn3C)c2)c2nccn12. The highest BCUT2D eigenvalue weighted by Gasteiger charge is 2.19. The van der Waals surface area contributed by atoms with Crippen LogP contribution in [-0.4, -0.2) is 36.2 Å². The van der Waals surface area contributed by atoms with Crippen LogP contribution in [0, 0.1) is 11.3 Å². The Hall–Kier alpha value is -4.25. The zero-order valence-corrected chi connectivity index (χ0v) is 15.7. The van der Waals surface area contributed by atoms with Gasteiger partial charge in [0, 0.05) is 42.2 Å². The fourth-order valence-electron chi connectivity index (χ4n) is 3.46. The zero-order chi connectivity index (χ0) is 20.0. The van der Waals surface area contributed by atoms with Crippen molar-refractivity contribution in [2.45, 2.75) is 0 Å². The number of methoxy groups -OCH3 is 1. The number of rotatable bonds is 3. The number of hydrogen-bond acceptors (Lipinski definition) is 6. The number of hydrogen-bond donors (Lipinski definition) is 0. The molecular formula is C21H15N7O. The zero-order valence-electron chi connectivity index (χ0n) is 15.7. The minimum Gasteiger partial charge on any atom is -0.468 e. The Kier molecular flexibility index (Phi) is 3.74. The molecule has 0 aliphatic heterocycles. The highest BCUT2D eigenvalue weighted by Crippen LogP contribution is 2.36. The lowest BCUT2D eigenvalue weighted by Gasteiger charge is -2.14. The summed E-state index contributed by atoms with van der Waals surface area (Å²) in [5.41, 5.74) is 5.36. The van der Waals surface area contributed by atoms with Crippen LogP contribution in [0.5, 0.6) is 6.01 Å². The van der Waals surface area contributed by atoms with Gasteiger partial charge in [0.15, 0.2) is 11.3 Å². The third kappa shape index (κ3) is 2.60. The molecule has 0 fully saturated rings. The van der Waals surface area contributed by atoms with E-state index < -0.39 is 0 Å². The second-order valence-electron chi connectivity index (χ2n) is 6.54. The minimum absolute atomic E-state index is 0.427. The Morgan fingerprint density at radius 1 is 1.03 bits per heavy atom. The molecule has 0 saturated heterocycles. The maximum absolute atomic E-state index is 9.11. The van der Waals surface area contributed by atoms with E-state index in [1.807, 2.05) is 31.4 Å². The van der Waals surface area contributed by atoms with Crippen LogP contribution in [0.25, 0.3) is 39.1 Å². The molecule has 4 heterocycles. The van der Waals surface area contributed by atoms with Gasteiger partial charge in [-0.25, -0.2) is 9.97 Å². The van der Waals surface area contributed by atoms with Gasteiger partial charge in [0.2, 0.25) is 0 Å². The summed E-state index contributed by atoms with van der Waals surface area (Å²) in [4.78, 5) is 13.9. The summed E-state index contributed by atoms with van der Waals surface area (Å²) < 4.78 is 9.02. The third-order valence-electron chi connectivity index (χ3n) is 4.85. The molecular weight excluding hydrogens is 366 g/mol. The molecule has 4 aromatic heterocycles. The maximum Gasteiger partial charge on any atom is 0.302 e. The summed E-state index contributed by atoms with van der Waals surface area (Å²) in [6.45, 7) is 0. The van der Waals surface area contributed by atoms with E-state index in [1.54, 1.807) is 46.9 Å². The molecule has 0 atom stereocenters. The van der Waals surface area contributed by atoms with Gasteiger partial charge in [-0.1, -0.05) is 12.1 Å². The fraction of sp³-hybridized carbons (Fsp3) is 0.0952. The Morgan fingerprint density at radius 2 is 1.86 bits per heavy atom. The van der Waals surface area contributed by atoms with E-state index in [0.717, 1.165) is 27.7 Å². The van der Waals surface area contributed by atoms with Crippen molar-refractivity contribution in [1.29, 1.82) is 5.26 Å². The number of aromatic nitrogens is 6. The molecule has 0 bridgehead atoms. The molecule has 0 saturated carbocycles. The van der Waals surface area contributed by atoms with Crippen LogP contribution in [0.1, 0.15) is 5.56 Å². The lowest BCUT2D eigenvalue weighted by molar-refractivity contribution is 0.375. The quantitative estimate of drug-likeness (QED) is 0.476. The van der Waals surface area contributed by atoms with E-state index in [1.165, 1.54) is 0 Å². The lowest BCUT2D eigenvalue weighted by atomic mass is 10.00. The molecule has 0 unspecified atom stereocenters. The first kappa shape index (κ1) is 16.9. The van der Waals surface area contributed by atoms with E-state index >= 15 is 0 Å². The Balaban J connectivity index is 1.84. The molecule has 0 spiro atoms. The summed E-state index contributed by atoms with van der Waals surface area (Å²) in [7, 11) is 3.44. The topological polar surface area (TPSA) is 93.9 Å². The average molecular weight is 381 g/mol. The summed E-state index contributed by atoms with van der Waals surface area (Å²) in [6.07, 6.45) is 7.10. The van der Waals surface area contributed by atoms with Gasteiger partial charge in [0.1, 0.15) is 0 Å². The van der Waals surface area contributed by atoms with Gasteiger partial charge in [-0.2, -0.15) is 15.3 Å². The van der Waals surface area contributed by atoms with Gasteiger partial charge in [-0.3, -0.25) is 9.08 Å². The number of fused-ring (bicyclic) bond motifs is 2. The third-order valence-corrected chi connectivity index (χ3v) is 4.85. The van der Waals surface area contributed by atoms with E-state index in [2.05, 4.69) is 21.1 Å². The molecule has 8 heteroatoms. The van der Waals surface area contributed by atoms with Crippen molar-refractivity contribution in [2.24, 2.45) is 7.05 Å². The highest BCUT2D eigenvalue weighted by molar-refractivity contribution is 5.93. The van der Waals surface area contributed by atoms with Gasteiger partial charge in [-0.05, 0) is 18.2 Å². The molecule has 140 valence electrons. The maximum atomic E-state index is 9.11. The number of ether oxygens (including phenoxy) is 1. The van der Waals surface area contributed by atoms with Crippen LogP contribution in [0.3, 0.4) is 0 Å². The molecule has 5 aromatic rings. The Labute approximate surface area is 165 Å². The molecule has 0 aliphatic rings. The first-order valence-corrected chi connectivity index (χ1v) is 8.89.